The van der Waals surface area contributed by atoms with Crippen molar-refractivity contribution < 1.29 is 0 Å². The second-order valence-corrected chi connectivity index (χ2v) is 4.26. The number of hydrogen-bond donors (Lipinski definition) is 1. The minimum absolute atomic E-state index is 0.730. The smallest absolute Gasteiger partial charge is 0.146 e. The average molecular weight is 223 g/mol. The number of hydrogen-bond acceptors (Lipinski definition) is 5. The van der Waals surface area contributed by atoms with E-state index in [0.29, 0.717) is 0 Å². The fourth-order valence-electron chi connectivity index (χ4n) is 1.25. The lowest BCUT2D eigenvalue weighted by Crippen LogP contribution is -2.15. The minimum atomic E-state index is 0.730. The first kappa shape index (κ1) is 10.3. The van der Waals surface area contributed by atoms with E-state index >= 15 is 0 Å². The van der Waals surface area contributed by atoms with E-state index in [-0.39, 0.29) is 0 Å². The van der Waals surface area contributed by atoms with Crippen LogP contribution in [0, 0.1) is 6.92 Å². The quantitative estimate of drug-likeness (QED) is 0.835. The first-order chi connectivity index (χ1) is 7.27. The highest BCUT2D eigenvalue weighted by Gasteiger charge is 2.02. The molecule has 6 heteroatoms. The molecule has 0 unspecified atom stereocenters. The molecule has 0 bridgehead atoms. The third-order valence-electron chi connectivity index (χ3n) is 2.22. The molecule has 0 aromatic carbocycles. The standard InChI is InChI=1S/C9H13N5S/c1-7-8(15-6-11-7)3-10-4-9-13-12-5-14(9)2/h5-6,10H,3-4H2,1-2H3. The number of thiazole rings is 1. The van der Waals surface area contributed by atoms with Gasteiger partial charge >= 0.3 is 0 Å². The SMILES string of the molecule is Cc1ncsc1CNCc1nncn1C. The van der Waals surface area contributed by atoms with Crippen LogP contribution in [0.15, 0.2) is 11.8 Å². The van der Waals surface area contributed by atoms with Gasteiger partial charge in [0.1, 0.15) is 12.2 Å². The highest BCUT2D eigenvalue weighted by molar-refractivity contribution is 7.09. The van der Waals surface area contributed by atoms with Crippen LogP contribution in [0.2, 0.25) is 0 Å². The molecule has 0 aliphatic heterocycles. The van der Waals surface area contributed by atoms with E-state index in [1.54, 1.807) is 17.7 Å². The fraction of sp³-hybridized carbons (Fsp3) is 0.444. The Morgan fingerprint density at radius 1 is 1.47 bits per heavy atom. The Morgan fingerprint density at radius 2 is 2.33 bits per heavy atom. The molecule has 2 heterocycles. The number of aryl methyl sites for hydroxylation is 2. The van der Waals surface area contributed by atoms with Crippen LogP contribution in [0.3, 0.4) is 0 Å². The van der Waals surface area contributed by atoms with Crippen molar-refractivity contribution in [2.24, 2.45) is 7.05 Å². The van der Waals surface area contributed by atoms with Gasteiger partial charge in [-0.05, 0) is 6.92 Å². The summed E-state index contributed by atoms with van der Waals surface area (Å²) in [5.74, 6) is 0.942. The highest BCUT2D eigenvalue weighted by atomic mass is 32.1. The average Bonchev–Trinajstić information content (AvgIpc) is 2.78. The summed E-state index contributed by atoms with van der Waals surface area (Å²) in [7, 11) is 1.94. The van der Waals surface area contributed by atoms with Crippen LogP contribution in [0.5, 0.6) is 0 Å². The van der Waals surface area contributed by atoms with Crippen LogP contribution in [0.1, 0.15) is 16.4 Å². The molecular weight excluding hydrogens is 210 g/mol. The van der Waals surface area contributed by atoms with Crippen molar-refractivity contribution in [1.82, 2.24) is 25.1 Å². The Labute approximate surface area is 92.2 Å². The number of nitrogens with zero attached hydrogens (tertiary/aromatic N) is 4. The zero-order valence-electron chi connectivity index (χ0n) is 8.77. The van der Waals surface area contributed by atoms with E-state index < -0.39 is 0 Å². The molecule has 0 aliphatic carbocycles. The molecule has 15 heavy (non-hydrogen) atoms. The first-order valence-corrected chi connectivity index (χ1v) is 5.58. The maximum atomic E-state index is 4.20. The molecule has 0 aliphatic rings. The van der Waals surface area contributed by atoms with Crippen molar-refractivity contribution in [2.75, 3.05) is 0 Å². The van der Waals surface area contributed by atoms with Gasteiger partial charge in [0.25, 0.3) is 0 Å². The number of nitrogens with one attached hydrogen (secondary N) is 1. The summed E-state index contributed by atoms with van der Waals surface area (Å²) in [5.41, 5.74) is 2.97. The van der Waals surface area contributed by atoms with Gasteiger partial charge in [-0.15, -0.1) is 21.5 Å². The Morgan fingerprint density at radius 3 is 2.93 bits per heavy atom. The van der Waals surface area contributed by atoms with Crippen LogP contribution >= 0.6 is 11.3 Å². The van der Waals surface area contributed by atoms with Crippen LogP contribution in [-0.2, 0) is 20.1 Å². The van der Waals surface area contributed by atoms with Crippen LogP contribution in [0.25, 0.3) is 0 Å². The van der Waals surface area contributed by atoms with Crippen molar-refractivity contribution in [1.29, 1.82) is 0 Å². The third kappa shape index (κ3) is 2.40. The summed E-state index contributed by atoms with van der Waals surface area (Å²) in [6, 6.07) is 0. The number of rotatable bonds is 4. The zero-order valence-corrected chi connectivity index (χ0v) is 9.58. The van der Waals surface area contributed by atoms with Gasteiger partial charge in [0.15, 0.2) is 0 Å². The van der Waals surface area contributed by atoms with Gasteiger partial charge in [0.05, 0.1) is 17.7 Å². The Hall–Kier alpha value is -1.27. The van der Waals surface area contributed by atoms with Gasteiger partial charge in [-0.1, -0.05) is 0 Å². The largest absolute Gasteiger partial charge is 0.320 e. The molecular formula is C9H13N5S. The molecule has 0 atom stereocenters. The van der Waals surface area contributed by atoms with E-state index in [2.05, 4.69) is 20.5 Å². The second-order valence-electron chi connectivity index (χ2n) is 3.32. The summed E-state index contributed by atoms with van der Waals surface area (Å²) in [6.45, 7) is 3.59. The lowest BCUT2D eigenvalue weighted by atomic mass is 10.4. The minimum Gasteiger partial charge on any atom is -0.320 e. The van der Waals surface area contributed by atoms with E-state index in [4.69, 9.17) is 0 Å². The molecule has 0 radical (unpaired) electrons. The summed E-state index contributed by atoms with van der Waals surface area (Å²) >= 11 is 1.67. The Balaban J connectivity index is 1.86. The Bertz CT molecular complexity index is 393. The number of aromatic nitrogens is 4. The fourth-order valence-corrected chi connectivity index (χ4v) is 2.00. The molecule has 5 nitrogen and oxygen atoms in total. The van der Waals surface area contributed by atoms with Crippen molar-refractivity contribution in [3.8, 4) is 0 Å². The van der Waals surface area contributed by atoms with Gasteiger partial charge in [-0.2, -0.15) is 0 Å². The summed E-state index contributed by atoms with van der Waals surface area (Å²) < 4.78 is 1.91. The normalized spacial score (nSPS) is 10.8. The molecule has 0 saturated carbocycles. The monoisotopic (exact) mass is 223 g/mol. The summed E-state index contributed by atoms with van der Waals surface area (Å²) in [6.07, 6.45) is 1.70. The van der Waals surface area contributed by atoms with E-state index in [1.165, 1.54) is 4.88 Å². The molecule has 0 spiro atoms. The molecule has 0 fully saturated rings. The van der Waals surface area contributed by atoms with E-state index in [0.717, 1.165) is 24.6 Å². The molecule has 0 saturated heterocycles. The van der Waals surface area contributed by atoms with Gasteiger partial charge in [0, 0.05) is 18.5 Å². The van der Waals surface area contributed by atoms with Gasteiger partial charge in [-0.3, -0.25) is 0 Å². The molecule has 1 N–H and O–H groups in total. The highest BCUT2D eigenvalue weighted by Crippen LogP contribution is 2.11. The van der Waals surface area contributed by atoms with Crippen molar-refractivity contribution in [3.63, 3.8) is 0 Å². The van der Waals surface area contributed by atoms with E-state index in [9.17, 15) is 0 Å². The Kier molecular flexibility index (Phi) is 3.08. The van der Waals surface area contributed by atoms with Crippen molar-refractivity contribution in [2.45, 2.75) is 20.0 Å². The van der Waals surface area contributed by atoms with E-state index in [1.807, 2.05) is 24.0 Å². The van der Waals surface area contributed by atoms with Gasteiger partial charge < -0.3 is 9.88 Å². The van der Waals surface area contributed by atoms with Crippen LogP contribution in [0.4, 0.5) is 0 Å². The molecule has 2 aromatic rings. The summed E-state index contributed by atoms with van der Waals surface area (Å²) in [5, 5.41) is 11.1. The predicted octanol–water partition coefficient (Wildman–Crippen LogP) is 0.870. The van der Waals surface area contributed by atoms with Crippen LogP contribution in [-0.4, -0.2) is 19.7 Å². The third-order valence-corrected chi connectivity index (χ3v) is 3.15. The second kappa shape index (κ2) is 4.50. The molecule has 80 valence electrons. The lowest BCUT2D eigenvalue weighted by Gasteiger charge is -2.02. The molecule has 2 aromatic heterocycles. The van der Waals surface area contributed by atoms with Crippen molar-refractivity contribution in [3.05, 3.63) is 28.2 Å². The maximum absolute atomic E-state index is 4.20. The predicted molar refractivity (Wildman–Crippen MR) is 58.4 cm³/mol. The first-order valence-electron chi connectivity index (χ1n) is 4.70. The topological polar surface area (TPSA) is 55.6 Å². The maximum Gasteiger partial charge on any atom is 0.146 e. The van der Waals surface area contributed by atoms with Gasteiger partial charge in [-0.25, -0.2) is 4.98 Å². The van der Waals surface area contributed by atoms with Gasteiger partial charge in [0.2, 0.25) is 0 Å². The van der Waals surface area contributed by atoms with Crippen LogP contribution < -0.4 is 5.32 Å². The lowest BCUT2D eigenvalue weighted by molar-refractivity contribution is 0.640. The van der Waals surface area contributed by atoms with Crippen molar-refractivity contribution >= 4 is 11.3 Å². The summed E-state index contributed by atoms with van der Waals surface area (Å²) in [4.78, 5) is 5.47. The zero-order chi connectivity index (χ0) is 10.7. The molecule has 2 rings (SSSR count). The molecule has 0 amide bonds.